The number of rotatable bonds is 6. The van der Waals surface area contributed by atoms with Crippen LogP contribution in [-0.4, -0.2) is 56.9 Å². The summed E-state index contributed by atoms with van der Waals surface area (Å²) in [6, 6.07) is 9.81. The maximum Gasteiger partial charge on any atom is 0.231 e. The summed E-state index contributed by atoms with van der Waals surface area (Å²) in [6.45, 7) is 4.31. The van der Waals surface area contributed by atoms with Crippen LogP contribution in [0.15, 0.2) is 30.3 Å². The number of aliphatic hydroxyl groups is 1. The number of methoxy groups -OCH3 is 2. The molecule has 7 heteroatoms. The van der Waals surface area contributed by atoms with Gasteiger partial charge in [-0.3, -0.25) is 4.90 Å². The molecule has 2 aliphatic rings. The van der Waals surface area contributed by atoms with Crippen molar-refractivity contribution in [3.05, 3.63) is 47.0 Å². The number of ether oxygens (including phenoxy) is 5. The first-order valence-corrected chi connectivity index (χ1v) is 9.72. The molecule has 4 rings (SSSR count). The average molecular weight is 401 g/mol. The molecule has 156 valence electrons. The van der Waals surface area contributed by atoms with E-state index in [-0.39, 0.29) is 25.5 Å². The van der Waals surface area contributed by atoms with Gasteiger partial charge in [-0.2, -0.15) is 0 Å². The Morgan fingerprint density at radius 2 is 1.83 bits per heavy atom. The Labute approximate surface area is 170 Å². The van der Waals surface area contributed by atoms with Crippen LogP contribution in [0.3, 0.4) is 0 Å². The van der Waals surface area contributed by atoms with Gasteiger partial charge in [0.2, 0.25) is 6.79 Å². The molecular formula is C22H27NO6. The fourth-order valence-electron chi connectivity index (χ4n) is 4.05. The highest BCUT2D eigenvalue weighted by molar-refractivity contribution is 5.48. The molecule has 0 radical (unpaired) electrons. The molecule has 2 heterocycles. The predicted octanol–water partition coefficient (Wildman–Crippen LogP) is 2.68. The van der Waals surface area contributed by atoms with Gasteiger partial charge in [0.05, 0.1) is 33.5 Å². The molecule has 0 aliphatic carbocycles. The number of aliphatic hydroxyl groups excluding tert-OH is 1. The minimum atomic E-state index is -0.323. The van der Waals surface area contributed by atoms with Crippen molar-refractivity contribution in [3.63, 3.8) is 0 Å². The van der Waals surface area contributed by atoms with Gasteiger partial charge in [0.15, 0.2) is 23.0 Å². The van der Waals surface area contributed by atoms with Gasteiger partial charge >= 0.3 is 0 Å². The highest BCUT2D eigenvalue weighted by Crippen LogP contribution is 2.39. The van der Waals surface area contributed by atoms with Gasteiger partial charge in [-0.25, -0.2) is 0 Å². The van der Waals surface area contributed by atoms with Gasteiger partial charge in [0.1, 0.15) is 6.10 Å². The van der Waals surface area contributed by atoms with Crippen LogP contribution in [0.1, 0.15) is 22.7 Å². The van der Waals surface area contributed by atoms with E-state index in [2.05, 4.69) is 11.8 Å². The zero-order chi connectivity index (χ0) is 20.4. The lowest BCUT2D eigenvalue weighted by molar-refractivity contribution is -0.0961. The van der Waals surface area contributed by atoms with E-state index in [0.717, 1.165) is 29.2 Å². The fraction of sp³-hybridized carbons (Fsp3) is 0.455. The van der Waals surface area contributed by atoms with Crippen molar-refractivity contribution in [2.45, 2.75) is 25.6 Å². The van der Waals surface area contributed by atoms with Crippen molar-refractivity contribution in [1.29, 1.82) is 0 Å². The quantitative estimate of drug-likeness (QED) is 0.798. The molecule has 0 bridgehead atoms. The summed E-state index contributed by atoms with van der Waals surface area (Å²) in [5.74, 6) is 2.90. The van der Waals surface area contributed by atoms with Crippen molar-refractivity contribution >= 4 is 0 Å². The average Bonchev–Trinajstić information content (AvgIpc) is 3.20. The van der Waals surface area contributed by atoms with Crippen LogP contribution in [0.2, 0.25) is 0 Å². The molecule has 29 heavy (non-hydrogen) atoms. The molecule has 0 saturated carbocycles. The van der Waals surface area contributed by atoms with E-state index in [0.29, 0.717) is 24.7 Å². The van der Waals surface area contributed by atoms with Crippen molar-refractivity contribution in [2.75, 3.05) is 40.8 Å². The third-order valence-electron chi connectivity index (χ3n) is 5.59. The van der Waals surface area contributed by atoms with Crippen LogP contribution in [-0.2, 0) is 11.3 Å². The molecule has 0 unspecified atom stereocenters. The fourth-order valence-corrected chi connectivity index (χ4v) is 4.05. The molecule has 2 aromatic carbocycles. The molecule has 2 atom stereocenters. The molecule has 2 aliphatic heterocycles. The zero-order valence-electron chi connectivity index (χ0n) is 17.0. The summed E-state index contributed by atoms with van der Waals surface area (Å²) in [5.41, 5.74) is 3.32. The highest BCUT2D eigenvalue weighted by atomic mass is 16.7. The number of hydrogen-bond donors (Lipinski definition) is 1. The molecule has 0 amide bonds. The number of benzene rings is 2. The van der Waals surface area contributed by atoms with E-state index >= 15 is 0 Å². The third-order valence-corrected chi connectivity index (χ3v) is 5.59. The zero-order valence-corrected chi connectivity index (χ0v) is 17.0. The second-order valence-corrected chi connectivity index (χ2v) is 7.25. The third kappa shape index (κ3) is 3.85. The lowest BCUT2D eigenvalue weighted by atomic mass is 9.96. The lowest BCUT2D eigenvalue weighted by Crippen LogP contribution is -2.46. The van der Waals surface area contributed by atoms with Gasteiger partial charge in [0, 0.05) is 13.1 Å². The first-order chi connectivity index (χ1) is 14.1. The van der Waals surface area contributed by atoms with E-state index in [1.807, 2.05) is 30.3 Å². The van der Waals surface area contributed by atoms with Crippen molar-refractivity contribution in [3.8, 4) is 23.0 Å². The lowest BCUT2D eigenvalue weighted by Gasteiger charge is -2.41. The molecule has 1 N–H and O–H groups in total. The van der Waals surface area contributed by atoms with E-state index in [1.165, 1.54) is 5.56 Å². The Morgan fingerprint density at radius 3 is 2.55 bits per heavy atom. The van der Waals surface area contributed by atoms with E-state index in [1.54, 1.807) is 14.2 Å². The van der Waals surface area contributed by atoms with Crippen molar-refractivity contribution in [1.82, 2.24) is 4.90 Å². The van der Waals surface area contributed by atoms with E-state index in [9.17, 15) is 5.11 Å². The number of morpholine rings is 1. The van der Waals surface area contributed by atoms with Gasteiger partial charge < -0.3 is 28.8 Å². The smallest absolute Gasteiger partial charge is 0.231 e. The minimum Gasteiger partial charge on any atom is -0.493 e. The molecule has 0 spiro atoms. The monoisotopic (exact) mass is 401 g/mol. The molecule has 0 aromatic heterocycles. The minimum absolute atomic E-state index is 0.0599. The molecule has 1 fully saturated rings. The maximum atomic E-state index is 9.97. The Hall–Kier alpha value is -2.48. The summed E-state index contributed by atoms with van der Waals surface area (Å²) in [4.78, 5) is 2.33. The summed E-state index contributed by atoms with van der Waals surface area (Å²) < 4.78 is 27.8. The van der Waals surface area contributed by atoms with Crippen molar-refractivity contribution < 1.29 is 28.8 Å². The van der Waals surface area contributed by atoms with Crippen LogP contribution in [0, 0.1) is 6.92 Å². The molecule has 7 nitrogen and oxygen atoms in total. The van der Waals surface area contributed by atoms with Crippen molar-refractivity contribution in [2.24, 2.45) is 0 Å². The largest absolute Gasteiger partial charge is 0.493 e. The molecular weight excluding hydrogens is 374 g/mol. The van der Waals surface area contributed by atoms with Crippen LogP contribution >= 0.6 is 0 Å². The van der Waals surface area contributed by atoms with Gasteiger partial charge in [-0.05, 0) is 47.9 Å². The van der Waals surface area contributed by atoms with Crippen LogP contribution in [0.4, 0.5) is 0 Å². The first-order valence-electron chi connectivity index (χ1n) is 9.72. The molecule has 1 saturated heterocycles. The van der Waals surface area contributed by atoms with Crippen LogP contribution < -0.4 is 18.9 Å². The second-order valence-electron chi connectivity index (χ2n) is 7.25. The Morgan fingerprint density at radius 1 is 1.07 bits per heavy atom. The standard InChI is InChI=1S/C22H27NO6/c1-14-8-19-20(29-13-28-19)10-16(14)11-23-6-7-27-21(12-24)22(23)15-4-5-17(25-2)18(9-15)26-3/h4-5,8-10,21-22,24H,6-7,11-13H2,1-3H3/t21-,22-/m1/s1. The predicted molar refractivity (Wildman–Crippen MR) is 107 cm³/mol. The number of hydrogen-bond acceptors (Lipinski definition) is 7. The summed E-state index contributed by atoms with van der Waals surface area (Å²) >= 11 is 0. The van der Waals surface area contributed by atoms with Crippen LogP contribution in [0.5, 0.6) is 23.0 Å². The van der Waals surface area contributed by atoms with Gasteiger partial charge in [-0.15, -0.1) is 0 Å². The summed E-state index contributed by atoms with van der Waals surface area (Å²) in [6.07, 6.45) is -0.323. The Bertz CT molecular complexity index is 871. The number of fused-ring (bicyclic) bond motifs is 1. The van der Waals surface area contributed by atoms with Gasteiger partial charge in [-0.1, -0.05) is 6.07 Å². The first kappa shape index (κ1) is 19.8. The number of aryl methyl sites for hydroxylation is 1. The highest BCUT2D eigenvalue weighted by Gasteiger charge is 2.34. The Kier molecular flexibility index (Phi) is 5.80. The summed E-state index contributed by atoms with van der Waals surface area (Å²) in [5, 5.41) is 9.97. The topological polar surface area (TPSA) is 69.6 Å². The second kappa shape index (κ2) is 8.49. The number of nitrogens with zero attached hydrogens (tertiary/aromatic N) is 1. The van der Waals surface area contributed by atoms with Gasteiger partial charge in [0.25, 0.3) is 0 Å². The summed E-state index contributed by atoms with van der Waals surface area (Å²) in [7, 11) is 3.24. The molecule has 2 aromatic rings. The SMILES string of the molecule is COc1ccc([C@@H]2[C@@H](CO)OCCN2Cc2cc3c(cc2C)OCO3)cc1OC. The van der Waals surface area contributed by atoms with E-state index < -0.39 is 0 Å². The van der Waals surface area contributed by atoms with Crippen LogP contribution in [0.25, 0.3) is 0 Å². The normalized spacial score (nSPS) is 21.2. The maximum absolute atomic E-state index is 9.97. The van der Waals surface area contributed by atoms with E-state index in [4.69, 9.17) is 23.7 Å². The Balaban J connectivity index is 1.66.